The minimum absolute atomic E-state index is 0.155. The topological polar surface area (TPSA) is 75.2 Å². The van der Waals surface area contributed by atoms with E-state index >= 15 is 0 Å². The van der Waals surface area contributed by atoms with Crippen LogP contribution in [0.5, 0.6) is 0 Å². The maximum atomic E-state index is 12.6. The lowest BCUT2D eigenvalue weighted by atomic mass is 10.3. The molecule has 112 valence electrons. The fourth-order valence-corrected chi connectivity index (χ4v) is 3.24. The van der Waals surface area contributed by atoms with E-state index in [1.807, 2.05) is 19.1 Å². The number of sulfonamides is 1. The van der Waals surface area contributed by atoms with Gasteiger partial charge in [0.2, 0.25) is 10.0 Å². The first-order chi connectivity index (χ1) is 9.95. The van der Waals surface area contributed by atoms with Crippen LogP contribution in [-0.4, -0.2) is 36.8 Å². The summed E-state index contributed by atoms with van der Waals surface area (Å²) in [6.45, 7) is 2.08. The van der Waals surface area contributed by atoms with Gasteiger partial charge in [0, 0.05) is 32.2 Å². The van der Waals surface area contributed by atoms with Crippen LogP contribution in [0.4, 0.5) is 5.69 Å². The van der Waals surface area contributed by atoms with Gasteiger partial charge in [-0.15, -0.1) is 0 Å². The van der Waals surface area contributed by atoms with E-state index in [1.54, 1.807) is 25.4 Å². The Kier molecular flexibility index (Phi) is 4.54. The molecule has 2 aromatic rings. The fourth-order valence-electron chi connectivity index (χ4n) is 1.96. The minimum Gasteiger partial charge on any atom is -0.387 e. The molecule has 0 spiro atoms. The number of aryl methyl sites for hydroxylation is 1. The number of pyridine rings is 2. The lowest BCUT2D eigenvalue weighted by Crippen LogP contribution is -2.27. The lowest BCUT2D eigenvalue weighted by molar-refractivity contribution is 0.462. The molecule has 0 atom stereocenters. The summed E-state index contributed by atoms with van der Waals surface area (Å²) < 4.78 is 26.5. The van der Waals surface area contributed by atoms with Crippen LogP contribution in [0.2, 0.25) is 0 Å². The predicted molar refractivity (Wildman–Crippen MR) is 81.4 cm³/mol. The van der Waals surface area contributed by atoms with Gasteiger partial charge in [-0.3, -0.25) is 9.97 Å². The number of nitrogens with zero attached hydrogens (tertiary/aromatic N) is 3. The Hall–Kier alpha value is -1.99. The minimum atomic E-state index is -3.62. The van der Waals surface area contributed by atoms with Crippen molar-refractivity contribution in [1.29, 1.82) is 0 Å². The average Bonchev–Trinajstić information content (AvgIpc) is 2.47. The van der Waals surface area contributed by atoms with Crippen molar-refractivity contribution >= 4 is 15.7 Å². The number of aromatic nitrogens is 2. The third-order valence-electron chi connectivity index (χ3n) is 3.07. The van der Waals surface area contributed by atoms with Crippen molar-refractivity contribution in [3.63, 3.8) is 0 Å². The predicted octanol–water partition coefficient (Wildman–Crippen LogP) is 1.65. The summed E-state index contributed by atoms with van der Waals surface area (Å²) in [5.74, 6) is 0. The molecular weight excluding hydrogens is 288 g/mol. The van der Waals surface area contributed by atoms with Crippen LogP contribution in [0.25, 0.3) is 0 Å². The van der Waals surface area contributed by atoms with Crippen molar-refractivity contribution in [2.24, 2.45) is 0 Å². The van der Waals surface area contributed by atoms with Crippen molar-refractivity contribution in [2.75, 3.05) is 19.4 Å². The normalized spacial score (nSPS) is 11.6. The highest BCUT2D eigenvalue weighted by molar-refractivity contribution is 7.89. The third-order valence-corrected chi connectivity index (χ3v) is 4.90. The van der Waals surface area contributed by atoms with Gasteiger partial charge < -0.3 is 5.32 Å². The largest absolute Gasteiger partial charge is 0.387 e. The molecule has 0 bridgehead atoms. The van der Waals surface area contributed by atoms with Crippen LogP contribution in [0.15, 0.2) is 41.6 Å². The number of nitrogens with one attached hydrogen (secondary N) is 1. The fraction of sp³-hybridized carbons (Fsp3) is 0.286. The molecule has 0 aliphatic carbocycles. The Morgan fingerprint density at radius 2 is 2.05 bits per heavy atom. The van der Waals surface area contributed by atoms with Gasteiger partial charge in [0.15, 0.2) is 0 Å². The van der Waals surface area contributed by atoms with E-state index in [9.17, 15) is 8.42 Å². The van der Waals surface area contributed by atoms with Gasteiger partial charge in [0.25, 0.3) is 0 Å². The molecule has 0 unspecified atom stereocenters. The molecule has 21 heavy (non-hydrogen) atoms. The number of anilines is 1. The van der Waals surface area contributed by atoms with Gasteiger partial charge in [-0.05, 0) is 25.1 Å². The van der Waals surface area contributed by atoms with Crippen LogP contribution in [-0.2, 0) is 16.6 Å². The Morgan fingerprint density at radius 1 is 1.29 bits per heavy atom. The van der Waals surface area contributed by atoms with Gasteiger partial charge in [-0.2, -0.15) is 4.31 Å². The van der Waals surface area contributed by atoms with Gasteiger partial charge in [-0.1, -0.05) is 6.07 Å². The lowest BCUT2D eigenvalue weighted by Gasteiger charge is -2.18. The van der Waals surface area contributed by atoms with Crippen molar-refractivity contribution in [1.82, 2.24) is 14.3 Å². The Balaban J connectivity index is 2.31. The highest BCUT2D eigenvalue weighted by atomic mass is 32.2. The summed E-state index contributed by atoms with van der Waals surface area (Å²) in [6, 6.07) is 7.17. The molecule has 0 aliphatic heterocycles. The third kappa shape index (κ3) is 3.37. The van der Waals surface area contributed by atoms with E-state index in [0.29, 0.717) is 11.4 Å². The second kappa shape index (κ2) is 6.19. The number of rotatable bonds is 5. The molecule has 0 fully saturated rings. The summed E-state index contributed by atoms with van der Waals surface area (Å²) in [7, 11) is -0.414. The van der Waals surface area contributed by atoms with E-state index in [1.165, 1.54) is 17.5 Å². The second-order valence-electron chi connectivity index (χ2n) is 4.65. The molecule has 0 aromatic carbocycles. The highest BCUT2D eigenvalue weighted by Gasteiger charge is 2.24. The molecule has 0 aliphatic rings. The summed E-state index contributed by atoms with van der Waals surface area (Å²) in [5.41, 5.74) is 2.08. The maximum Gasteiger partial charge on any atom is 0.246 e. The summed E-state index contributed by atoms with van der Waals surface area (Å²) in [6.07, 6.45) is 2.90. The van der Waals surface area contributed by atoms with Crippen LogP contribution >= 0.6 is 0 Å². The van der Waals surface area contributed by atoms with Crippen LogP contribution in [0.3, 0.4) is 0 Å². The van der Waals surface area contributed by atoms with E-state index < -0.39 is 10.0 Å². The molecule has 0 radical (unpaired) electrons. The molecule has 2 rings (SSSR count). The van der Waals surface area contributed by atoms with Crippen molar-refractivity contribution in [2.45, 2.75) is 18.4 Å². The molecule has 0 amide bonds. The quantitative estimate of drug-likeness (QED) is 0.909. The van der Waals surface area contributed by atoms with Crippen molar-refractivity contribution in [3.8, 4) is 0 Å². The summed E-state index contributed by atoms with van der Waals surface area (Å²) >= 11 is 0. The van der Waals surface area contributed by atoms with Gasteiger partial charge >= 0.3 is 0 Å². The molecule has 2 aromatic heterocycles. The van der Waals surface area contributed by atoms with Crippen molar-refractivity contribution < 1.29 is 8.42 Å². The molecule has 0 saturated carbocycles. The molecule has 7 heteroatoms. The summed E-state index contributed by atoms with van der Waals surface area (Å²) in [4.78, 5) is 8.38. The molecular formula is C14H18N4O2S. The van der Waals surface area contributed by atoms with Crippen molar-refractivity contribution in [3.05, 3.63) is 48.0 Å². The zero-order valence-electron chi connectivity index (χ0n) is 12.2. The molecule has 2 heterocycles. The SMILES string of the molecule is CNc1ccncc1S(=O)(=O)N(C)Cc1cccc(C)n1. The monoisotopic (exact) mass is 306 g/mol. The van der Waals surface area contributed by atoms with E-state index in [2.05, 4.69) is 15.3 Å². The van der Waals surface area contributed by atoms with Gasteiger partial charge in [-0.25, -0.2) is 8.42 Å². The highest BCUT2D eigenvalue weighted by Crippen LogP contribution is 2.23. The smallest absolute Gasteiger partial charge is 0.246 e. The summed E-state index contributed by atoms with van der Waals surface area (Å²) in [5, 5.41) is 2.87. The standard InChI is InChI=1S/C14H18N4O2S/c1-11-5-4-6-12(17-11)10-18(3)21(19,20)14-9-16-8-7-13(14)15-2/h4-9H,10H2,1-3H3,(H,15,16). The van der Waals surface area contributed by atoms with E-state index in [4.69, 9.17) is 0 Å². The van der Waals surface area contributed by atoms with Gasteiger partial charge in [0.1, 0.15) is 4.90 Å². The Labute approximate surface area is 124 Å². The first-order valence-electron chi connectivity index (χ1n) is 6.46. The first-order valence-corrected chi connectivity index (χ1v) is 7.90. The molecule has 6 nitrogen and oxygen atoms in total. The zero-order chi connectivity index (χ0) is 15.5. The Morgan fingerprint density at radius 3 is 2.71 bits per heavy atom. The average molecular weight is 306 g/mol. The Bertz CT molecular complexity index is 731. The van der Waals surface area contributed by atoms with E-state index in [0.717, 1.165) is 5.69 Å². The first kappa shape index (κ1) is 15.4. The van der Waals surface area contributed by atoms with E-state index in [-0.39, 0.29) is 11.4 Å². The maximum absolute atomic E-state index is 12.6. The second-order valence-corrected chi connectivity index (χ2v) is 6.67. The number of hydrogen-bond acceptors (Lipinski definition) is 5. The zero-order valence-corrected chi connectivity index (χ0v) is 13.1. The van der Waals surface area contributed by atoms with Crippen LogP contribution in [0, 0.1) is 6.92 Å². The van der Waals surface area contributed by atoms with Gasteiger partial charge in [0.05, 0.1) is 17.9 Å². The molecule has 1 N–H and O–H groups in total. The van der Waals surface area contributed by atoms with Crippen LogP contribution in [0.1, 0.15) is 11.4 Å². The number of hydrogen-bond donors (Lipinski definition) is 1. The van der Waals surface area contributed by atoms with Crippen LogP contribution < -0.4 is 5.32 Å². The molecule has 0 saturated heterocycles.